The Morgan fingerprint density at radius 3 is 2.33 bits per heavy atom. The van der Waals surface area contributed by atoms with Crippen LogP contribution in [0.5, 0.6) is 0 Å². The summed E-state index contributed by atoms with van der Waals surface area (Å²) in [7, 11) is 0. The molecule has 0 atom stereocenters. The maximum absolute atomic E-state index is 13.9. The number of piperidine rings is 1. The molecule has 1 aromatic carbocycles. The van der Waals surface area contributed by atoms with Crippen molar-refractivity contribution in [3.63, 3.8) is 0 Å². The summed E-state index contributed by atoms with van der Waals surface area (Å²) < 4.78 is 80.1. The van der Waals surface area contributed by atoms with Gasteiger partial charge in [-0.2, -0.15) is 31.4 Å². The van der Waals surface area contributed by atoms with Crippen LogP contribution in [0.25, 0.3) is 5.65 Å². The van der Waals surface area contributed by atoms with Gasteiger partial charge in [0, 0.05) is 31.0 Å². The molecule has 5 rings (SSSR count). The highest BCUT2D eigenvalue weighted by Gasteiger charge is 2.38. The van der Waals surface area contributed by atoms with E-state index < -0.39 is 29.8 Å². The van der Waals surface area contributed by atoms with Gasteiger partial charge < -0.3 is 30.7 Å². The van der Waals surface area contributed by atoms with Gasteiger partial charge in [0.2, 0.25) is 0 Å². The summed E-state index contributed by atoms with van der Waals surface area (Å²) in [4.78, 5) is 28.3. The Morgan fingerprint density at radius 2 is 1.71 bits per heavy atom. The summed E-state index contributed by atoms with van der Waals surface area (Å²) >= 11 is 0. The molecule has 4 heterocycles. The van der Waals surface area contributed by atoms with E-state index in [1.165, 1.54) is 16.8 Å². The van der Waals surface area contributed by atoms with Gasteiger partial charge in [-0.25, -0.2) is 14.3 Å². The molecule has 0 saturated carbocycles. The molecule has 2 aromatic heterocycles. The number of carbonyl (C=O) groups excluding carboxylic acids is 1. The van der Waals surface area contributed by atoms with Crippen molar-refractivity contribution in [2.45, 2.75) is 31.2 Å². The van der Waals surface area contributed by atoms with E-state index in [0.29, 0.717) is 37.8 Å². The molecule has 0 unspecified atom stereocenters. The smallest absolute Gasteiger partial charge is 0.475 e. The third-order valence-corrected chi connectivity index (χ3v) is 6.48. The lowest BCUT2D eigenvalue weighted by atomic mass is 10.1. The van der Waals surface area contributed by atoms with Gasteiger partial charge in [-0.1, -0.05) is 0 Å². The summed E-state index contributed by atoms with van der Waals surface area (Å²) in [5.41, 5.74) is -0.440. The molecule has 11 nitrogen and oxygen atoms in total. The van der Waals surface area contributed by atoms with E-state index in [1.54, 1.807) is 18.3 Å². The second-order valence-corrected chi connectivity index (χ2v) is 9.39. The second-order valence-electron chi connectivity index (χ2n) is 9.39. The van der Waals surface area contributed by atoms with Gasteiger partial charge in [-0.15, -0.1) is 0 Å². The number of alkyl halides is 6. The van der Waals surface area contributed by atoms with Gasteiger partial charge in [0.25, 0.3) is 5.91 Å². The predicted molar refractivity (Wildman–Crippen MR) is 139 cm³/mol. The number of hydrogen-bond acceptors (Lipinski definition) is 8. The first-order valence-electron chi connectivity index (χ1n) is 12.8. The van der Waals surface area contributed by atoms with Crippen molar-refractivity contribution in [1.82, 2.24) is 19.9 Å². The highest BCUT2D eigenvalue weighted by molar-refractivity contribution is 6.08. The number of amides is 1. The SMILES string of the molecule is O=C(Nc1ccc(N2CCOCC2)cc1C(F)(F)F)c1cnn2ccc(NC3CCNCC3)nc12.O=C(O)C(F)(F)F. The molecule has 17 heteroatoms. The zero-order chi connectivity index (χ0) is 30.5. The Balaban J connectivity index is 0.000000517. The normalized spacial score (nSPS) is 16.5. The van der Waals surface area contributed by atoms with E-state index in [4.69, 9.17) is 14.6 Å². The maximum atomic E-state index is 13.9. The van der Waals surface area contributed by atoms with Crippen LogP contribution in [0.2, 0.25) is 0 Å². The molecular formula is C25H27F6N7O4. The summed E-state index contributed by atoms with van der Waals surface area (Å²) in [6.07, 6.45) is -4.86. The minimum atomic E-state index is -5.08. The predicted octanol–water partition coefficient (Wildman–Crippen LogP) is 3.63. The maximum Gasteiger partial charge on any atom is 0.490 e. The molecule has 3 aromatic rings. The Morgan fingerprint density at radius 1 is 1.05 bits per heavy atom. The number of nitrogens with one attached hydrogen (secondary N) is 3. The fourth-order valence-corrected chi connectivity index (χ4v) is 4.37. The van der Waals surface area contributed by atoms with Crippen molar-refractivity contribution >= 4 is 34.7 Å². The summed E-state index contributed by atoms with van der Waals surface area (Å²) in [5, 5.41) is 20.3. The molecule has 2 saturated heterocycles. The number of carboxylic acid groups (broad SMARTS) is 1. The number of carbonyl (C=O) groups is 2. The Labute approximate surface area is 234 Å². The van der Waals surface area contributed by atoms with Gasteiger partial charge >= 0.3 is 18.3 Å². The van der Waals surface area contributed by atoms with Crippen LogP contribution in [0.3, 0.4) is 0 Å². The zero-order valence-corrected chi connectivity index (χ0v) is 21.9. The molecule has 0 bridgehead atoms. The number of ether oxygens (including phenoxy) is 1. The number of rotatable bonds is 5. The highest BCUT2D eigenvalue weighted by atomic mass is 19.4. The number of halogens is 6. The van der Waals surface area contributed by atoms with Crippen molar-refractivity contribution in [3.8, 4) is 0 Å². The average molecular weight is 604 g/mol. The first-order valence-corrected chi connectivity index (χ1v) is 12.8. The monoisotopic (exact) mass is 603 g/mol. The number of fused-ring (bicyclic) bond motifs is 1. The van der Waals surface area contributed by atoms with Crippen LogP contribution in [0.1, 0.15) is 28.8 Å². The molecule has 0 radical (unpaired) electrons. The first kappa shape index (κ1) is 30.8. The van der Waals surface area contributed by atoms with Crippen molar-refractivity contribution in [2.75, 3.05) is 54.9 Å². The molecular weight excluding hydrogens is 576 g/mol. The van der Waals surface area contributed by atoms with Crippen molar-refractivity contribution < 1.29 is 45.8 Å². The number of aromatic nitrogens is 3. The topological polar surface area (TPSA) is 133 Å². The lowest BCUT2D eigenvalue weighted by molar-refractivity contribution is -0.192. The quantitative estimate of drug-likeness (QED) is 0.323. The molecule has 2 aliphatic heterocycles. The van der Waals surface area contributed by atoms with E-state index >= 15 is 0 Å². The van der Waals surface area contributed by atoms with E-state index in [9.17, 15) is 31.1 Å². The van der Waals surface area contributed by atoms with Gasteiger partial charge in [0.05, 0.1) is 30.7 Å². The summed E-state index contributed by atoms with van der Waals surface area (Å²) in [6, 6.07) is 5.94. The first-order chi connectivity index (χ1) is 19.8. The van der Waals surface area contributed by atoms with E-state index in [1.807, 2.05) is 4.90 Å². The van der Waals surface area contributed by atoms with E-state index in [0.717, 1.165) is 32.0 Å². The molecule has 2 fully saturated rings. The number of anilines is 3. The lowest BCUT2D eigenvalue weighted by Gasteiger charge is -2.29. The number of aliphatic carboxylic acids is 1. The number of morpholine rings is 1. The third kappa shape index (κ3) is 7.79. The lowest BCUT2D eigenvalue weighted by Crippen LogP contribution is -2.36. The van der Waals surface area contributed by atoms with Crippen LogP contribution in [0.15, 0.2) is 36.7 Å². The van der Waals surface area contributed by atoms with Crippen LogP contribution in [-0.4, -0.2) is 83.2 Å². The number of hydrogen-bond donors (Lipinski definition) is 4. The van der Waals surface area contributed by atoms with Crippen LogP contribution >= 0.6 is 0 Å². The number of benzene rings is 1. The molecule has 228 valence electrons. The molecule has 0 aliphatic carbocycles. The molecule has 1 amide bonds. The molecule has 2 aliphatic rings. The van der Waals surface area contributed by atoms with Crippen molar-refractivity contribution in [3.05, 3.63) is 47.8 Å². The number of carboxylic acids is 1. The number of nitrogens with zero attached hydrogens (tertiary/aromatic N) is 4. The van der Waals surface area contributed by atoms with Crippen LogP contribution in [-0.2, 0) is 15.7 Å². The highest BCUT2D eigenvalue weighted by Crippen LogP contribution is 2.38. The van der Waals surface area contributed by atoms with Crippen molar-refractivity contribution in [1.29, 1.82) is 0 Å². The van der Waals surface area contributed by atoms with Crippen LogP contribution < -0.4 is 20.9 Å². The zero-order valence-electron chi connectivity index (χ0n) is 21.9. The third-order valence-electron chi connectivity index (χ3n) is 6.48. The van der Waals surface area contributed by atoms with E-state index in [2.05, 4.69) is 26.0 Å². The van der Waals surface area contributed by atoms with Crippen LogP contribution in [0, 0.1) is 0 Å². The second kappa shape index (κ2) is 12.8. The minimum Gasteiger partial charge on any atom is -0.475 e. The summed E-state index contributed by atoms with van der Waals surface area (Å²) in [5.74, 6) is -2.88. The fraction of sp³-hybridized carbons (Fsp3) is 0.440. The van der Waals surface area contributed by atoms with Crippen molar-refractivity contribution in [2.24, 2.45) is 0 Å². The Bertz CT molecular complexity index is 1400. The van der Waals surface area contributed by atoms with Gasteiger partial charge in [0.15, 0.2) is 5.65 Å². The minimum absolute atomic E-state index is 0.0874. The molecule has 4 N–H and O–H groups in total. The fourth-order valence-electron chi connectivity index (χ4n) is 4.37. The summed E-state index contributed by atoms with van der Waals surface area (Å²) in [6.45, 7) is 3.74. The molecule has 0 spiro atoms. The van der Waals surface area contributed by atoms with Gasteiger partial charge in [0.1, 0.15) is 11.4 Å². The Hall–Kier alpha value is -4.12. The standard InChI is InChI=1S/C23H26F3N7O2.C2HF3O2/c24-23(25,26)18-13-16(32-9-11-35-12-10-32)1-2-19(18)30-22(34)17-14-28-33-8-5-20(31-21(17)33)29-15-3-6-27-7-4-15;3-2(4,5)1(6)7/h1-2,5,8,13-15,27H,3-4,6-7,9-12H2,(H,29,31)(H,30,34);(H,6,7). The largest absolute Gasteiger partial charge is 0.490 e. The molecule has 42 heavy (non-hydrogen) atoms. The van der Waals surface area contributed by atoms with E-state index in [-0.39, 0.29) is 22.9 Å². The average Bonchev–Trinajstić information content (AvgIpc) is 3.37. The van der Waals surface area contributed by atoms with Gasteiger partial charge in [-0.05, 0) is 50.2 Å². The van der Waals surface area contributed by atoms with Crippen LogP contribution in [0.4, 0.5) is 43.5 Å². The van der Waals surface area contributed by atoms with Gasteiger partial charge in [-0.3, -0.25) is 4.79 Å². The Kier molecular flexibility index (Phi) is 9.40.